The van der Waals surface area contributed by atoms with Crippen LogP contribution in [0.15, 0.2) is 48.5 Å². The van der Waals surface area contributed by atoms with Crippen molar-refractivity contribution in [1.82, 2.24) is 15.8 Å². The monoisotopic (exact) mass is 552 g/mol. The summed E-state index contributed by atoms with van der Waals surface area (Å²) < 4.78 is 5.52. The van der Waals surface area contributed by atoms with Crippen molar-refractivity contribution in [2.75, 3.05) is 6.54 Å². The second kappa shape index (κ2) is 14.0. The third kappa shape index (κ3) is 8.37. The molecule has 2 aromatic rings. The number of nitrogens with zero attached hydrogens (tertiary/aromatic N) is 1. The van der Waals surface area contributed by atoms with Crippen molar-refractivity contribution in [1.29, 1.82) is 0 Å². The van der Waals surface area contributed by atoms with Crippen molar-refractivity contribution in [2.24, 2.45) is 11.7 Å². The number of nitrogens with one attached hydrogen (secondary N) is 2. The van der Waals surface area contributed by atoms with E-state index in [9.17, 15) is 24.3 Å². The summed E-state index contributed by atoms with van der Waals surface area (Å²) in [7, 11) is 0. The van der Waals surface area contributed by atoms with Crippen molar-refractivity contribution in [3.8, 4) is 11.1 Å². The molecule has 0 aromatic heterocycles. The molecule has 1 heterocycles. The van der Waals surface area contributed by atoms with Gasteiger partial charge in [0.1, 0.15) is 12.1 Å². The summed E-state index contributed by atoms with van der Waals surface area (Å²) in [6, 6.07) is 14.2. The molecule has 0 saturated carbocycles. The summed E-state index contributed by atoms with van der Waals surface area (Å²) in [6.45, 7) is 7.31. The van der Waals surface area contributed by atoms with Crippen LogP contribution in [0.5, 0.6) is 0 Å². The van der Waals surface area contributed by atoms with E-state index in [1.165, 1.54) is 11.9 Å². The summed E-state index contributed by atoms with van der Waals surface area (Å²) in [5, 5.41) is 13.1. The minimum atomic E-state index is -1.07. The van der Waals surface area contributed by atoms with Gasteiger partial charge in [0, 0.05) is 19.0 Å². The van der Waals surface area contributed by atoms with E-state index >= 15 is 0 Å². The van der Waals surface area contributed by atoms with Gasteiger partial charge in [-0.05, 0) is 67.3 Å². The van der Waals surface area contributed by atoms with Crippen LogP contribution in [0, 0.1) is 5.92 Å². The van der Waals surface area contributed by atoms with Crippen LogP contribution in [-0.2, 0) is 30.3 Å². The van der Waals surface area contributed by atoms with Gasteiger partial charge in [0.05, 0.1) is 0 Å². The minimum absolute atomic E-state index is 0.0519. The molecule has 3 unspecified atom stereocenters. The number of benzene rings is 2. The van der Waals surface area contributed by atoms with Crippen molar-refractivity contribution < 1.29 is 29.0 Å². The summed E-state index contributed by atoms with van der Waals surface area (Å²) >= 11 is 0. The molecule has 1 aliphatic rings. The molecule has 0 radical (unpaired) electrons. The number of carboxylic acid groups (broad SMARTS) is 1. The third-order valence-corrected chi connectivity index (χ3v) is 6.92. The number of amides is 2. The van der Waals surface area contributed by atoms with Crippen LogP contribution in [0.4, 0.5) is 0 Å². The van der Waals surface area contributed by atoms with Gasteiger partial charge in [-0.1, -0.05) is 56.3 Å². The third-order valence-electron chi connectivity index (χ3n) is 6.92. The van der Waals surface area contributed by atoms with Gasteiger partial charge in [-0.15, -0.1) is 0 Å². The van der Waals surface area contributed by atoms with Crippen molar-refractivity contribution in [3.05, 3.63) is 59.7 Å². The molecule has 3 rings (SSSR count). The molecule has 40 heavy (non-hydrogen) atoms. The zero-order chi connectivity index (χ0) is 29.4. The average Bonchev–Trinajstić information content (AvgIpc) is 2.94. The van der Waals surface area contributed by atoms with Crippen LogP contribution in [0.1, 0.15) is 64.1 Å². The van der Waals surface area contributed by atoms with E-state index in [1.54, 1.807) is 13.8 Å². The average molecular weight is 553 g/mol. The number of aliphatic carboxylic acids is 1. The topological polar surface area (TPSA) is 151 Å². The summed E-state index contributed by atoms with van der Waals surface area (Å²) in [5.41, 5.74) is 12.8. The second-order valence-electron chi connectivity index (χ2n) is 10.6. The van der Waals surface area contributed by atoms with Crippen LogP contribution in [-0.4, -0.2) is 58.6 Å². The molecule has 10 heteroatoms. The molecular formula is C30H40N4O6. The highest BCUT2D eigenvalue weighted by Crippen LogP contribution is 2.23. The standard InChI is InChI=1S/C30H40N4O6/c1-18(2)27(28(36)32-20(4)29(37)34-16-6-9-25(33-34)30(38)39)40-26(35)15-12-21-10-13-22(14-11-21)24-8-5-7-23(17-24)19(3)31/h5,7-8,10-11,13-14,17-20,25,27,33H,6,9,12,15-16,31H2,1-4H3,(H,32,36)(H,38,39)/t19?,20?,25-,27?/m0/s1. The number of carboxylic acids is 1. The SMILES string of the molecule is CC(NC(=O)C(OC(=O)CCc1ccc(-c2cccc(C(C)N)c2)cc1)C(C)C)C(=O)N1CCC[C@@H](C(=O)O)N1. The van der Waals surface area contributed by atoms with Gasteiger partial charge >= 0.3 is 11.9 Å². The molecule has 5 N–H and O–H groups in total. The number of hydrogen-bond donors (Lipinski definition) is 4. The van der Waals surface area contributed by atoms with Crippen molar-refractivity contribution in [3.63, 3.8) is 0 Å². The molecule has 2 aromatic carbocycles. The zero-order valence-corrected chi connectivity index (χ0v) is 23.6. The number of aryl methyl sites for hydroxylation is 1. The molecule has 0 bridgehead atoms. The van der Waals surface area contributed by atoms with Crippen LogP contribution < -0.4 is 16.5 Å². The van der Waals surface area contributed by atoms with E-state index in [-0.39, 0.29) is 18.4 Å². The maximum atomic E-state index is 12.9. The van der Waals surface area contributed by atoms with E-state index in [0.29, 0.717) is 25.8 Å². The van der Waals surface area contributed by atoms with Gasteiger partial charge in [0.2, 0.25) is 0 Å². The van der Waals surface area contributed by atoms with E-state index in [2.05, 4.69) is 16.8 Å². The van der Waals surface area contributed by atoms with Crippen LogP contribution in [0.3, 0.4) is 0 Å². The summed E-state index contributed by atoms with van der Waals surface area (Å²) in [4.78, 5) is 49.6. The Morgan fingerprint density at radius 1 is 1.07 bits per heavy atom. The molecule has 0 spiro atoms. The first kappa shape index (κ1) is 30.8. The molecule has 216 valence electrons. The van der Waals surface area contributed by atoms with Gasteiger partial charge in [-0.25, -0.2) is 5.43 Å². The normalized spacial score (nSPS) is 17.6. The lowest BCUT2D eigenvalue weighted by atomic mass is 9.99. The molecule has 1 aliphatic heterocycles. The van der Waals surface area contributed by atoms with E-state index in [4.69, 9.17) is 10.5 Å². The smallest absolute Gasteiger partial charge is 0.322 e. The first-order chi connectivity index (χ1) is 19.0. The molecule has 0 aliphatic carbocycles. The Kier molecular flexibility index (Phi) is 10.8. The van der Waals surface area contributed by atoms with E-state index < -0.39 is 41.9 Å². The highest BCUT2D eigenvalue weighted by Gasteiger charge is 2.33. The Bertz CT molecular complexity index is 1200. The van der Waals surface area contributed by atoms with Crippen LogP contribution in [0.2, 0.25) is 0 Å². The highest BCUT2D eigenvalue weighted by atomic mass is 16.5. The van der Waals surface area contributed by atoms with Gasteiger partial charge in [0.15, 0.2) is 6.10 Å². The molecule has 2 amide bonds. The summed E-state index contributed by atoms with van der Waals surface area (Å²) in [6.07, 6.45) is 0.428. The second-order valence-corrected chi connectivity index (χ2v) is 10.6. The van der Waals surface area contributed by atoms with Crippen LogP contribution >= 0.6 is 0 Å². The largest absolute Gasteiger partial charge is 0.480 e. The first-order valence-electron chi connectivity index (χ1n) is 13.7. The molecule has 4 atom stereocenters. The molecule has 1 saturated heterocycles. The fourth-order valence-electron chi connectivity index (χ4n) is 4.52. The Balaban J connectivity index is 1.52. The number of ether oxygens (including phenoxy) is 1. The highest BCUT2D eigenvalue weighted by molar-refractivity contribution is 5.90. The fraction of sp³-hybridized carbons (Fsp3) is 0.467. The quantitative estimate of drug-likeness (QED) is 0.311. The van der Waals surface area contributed by atoms with Crippen molar-refractivity contribution in [2.45, 2.75) is 77.6 Å². The van der Waals surface area contributed by atoms with Gasteiger partial charge in [0.25, 0.3) is 11.8 Å². The Morgan fingerprint density at radius 3 is 2.40 bits per heavy atom. The minimum Gasteiger partial charge on any atom is -0.480 e. The van der Waals surface area contributed by atoms with Gasteiger partial charge in [-0.3, -0.25) is 24.2 Å². The van der Waals surface area contributed by atoms with Crippen LogP contribution in [0.25, 0.3) is 11.1 Å². The maximum Gasteiger partial charge on any atom is 0.322 e. The number of carbonyl (C=O) groups is 4. The van der Waals surface area contributed by atoms with E-state index in [0.717, 1.165) is 22.3 Å². The zero-order valence-electron chi connectivity index (χ0n) is 23.6. The predicted molar refractivity (Wildman–Crippen MR) is 151 cm³/mol. The number of rotatable bonds is 11. The lowest BCUT2D eigenvalue weighted by molar-refractivity contribution is -0.159. The number of carbonyl (C=O) groups excluding carboxylic acids is 3. The Hall–Kier alpha value is -3.76. The lowest BCUT2D eigenvalue weighted by Crippen LogP contribution is -2.60. The van der Waals surface area contributed by atoms with Gasteiger partial charge < -0.3 is 20.9 Å². The van der Waals surface area contributed by atoms with Gasteiger partial charge in [-0.2, -0.15) is 0 Å². The molecule has 10 nitrogen and oxygen atoms in total. The fourth-order valence-corrected chi connectivity index (χ4v) is 4.52. The maximum absolute atomic E-state index is 12.9. The Morgan fingerprint density at radius 2 is 1.77 bits per heavy atom. The number of nitrogens with two attached hydrogens (primary N) is 1. The van der Waals surface area contributed by atoms with E-state index in [1.807, 2.05) is 49.4 Å². The number of esters is 1. The first-order valence-corrected chi connectivity index (χ1v) is 13.7. The summed E-state index contributed by atoms with van der Waals surface area (Å²) in [5.74, 6) is -2.90. The number of hydrazine groups is 1. The number of hydrogen-bond acceptors (Lipinski definition) is 7. The molecular weight excluding hydrogens is 512 g/mol. The lowest BCUT2D eigenvalue weighted by Gasteiger charge is -2.34. The molecule has 1 fully saturated rings. The van der Waals surface area contributed by atoms with Crippen molar-refractivity contribution >= 4 is 23.8 Å². The predicted octanol–water partition coefficient (Wildman–Crippen LogP) is 2.96. The Labute approximate surface area is 235 Å².